The predicted molar refractivity (Wildman–Crippen MR) is 96.5 cm³/mol. The lowest BCUT2D eigenvalue weighted by molar-refractivity contribution is -0.385. The van der Waals surface area contributed by atoms with E-state index >= 15 is 0 Å². The van der Waals surface area contributed by atoms with Crippen LogP contribution >= 0.6 is 0 Å². The first kappa shape index (κ1) is 22.9. The number of aryl methyl sites for hydroxylation is 1. The second-order valence-electron chi connectivity index (χ2n) is 6.38. The first-order valence-corrected chi connectivity index (χ1v) is 8.53. The zero-order valence-corrected chi connectivity index (χ0v) is 16.0. The Balaban J connectivity index is 2.29. The summed E-state index contributed by atoms with van der Waals surface area (Å²) in [6, 6.07) is 6.58. The van der Waals surface area contributed by atoms with Gasteiger partial charge in [-0.2, -0.15) is 17.6 Å². The molecule has 0 aliphatic carbocycles. The molecule has 30 heavy (non-hydrogen) atoms. The monoisotopic (exact) mass is 431 g/mol. The number of alkyl halides is 4. The van der Waals surface area contributed by atoms with Gasteiger partial charge in [0.2, 0.25) is 0 Å². The molecule has 0 spiro atoms. The molecule has 0 saturated heterocycles. The third-order valence-corrected chi connectivity index (χ3v) is 3.61. The average molecular weight is 431 g/mol. The van der Waals surface area contributed by atoms with Gasteiger partial charge in [0.15, 0.2) is 0 Å². The molecule has 162 valence electrons. The van der Waals surface area contributed by atoms with E-state index in [-0.39, 0.29) is 17.1 Å². The van der Waals surface area contributed by atoms with Crippen molar-refractivity contribution in [3.63, 3.8) is 0 Å². The van der Waals surface area contributed by atoms with Crippen LogP contribution in [0.1, 0.15) is 29.8 Å². The third kappa shape index (κ3) is 5.58. The predicted octanol–water partition coefficient (Wildman–Crippen LogP) is 5.50. The highest BCUT2D eigenvalue weighted by Crippen LogP contribution is 2.34. The van der Waals surface area contributed by atoms with Crippen molar-refractivity contribution in [3.8, 4) is 17.2 Å². The molecule has 0 amide bonds. The van der Waals surface area contributed by atoms with Gasteiger partial charge in [0.1, 0.15) is 22.8 Å². The van der Waals surface area contributed by atoms with Gasteiger partial charge in [-0.1, -0.05) is 0 Å². The van der Waals surface area contributed by atoms with E-state index in [1.165, 1.54) is 19.1 Å². The maximum Gasteiger partial charge on any atom is 0.461 e. The summed E-state index contributed by atoms with van der Waals surface area (Å²) in [4.78, 5) is 22.7. The van der Waals surface area contributed by atoms with Crippen LogP contribution in [0.3, 0.4) is 0 Å². The number of carbonyl (C=O) groups is 1. The van der Waals surface area contributed by atoms with Gasteiger partial charge in [0.25, 0.3) is 5.69 Å². The summed E-state index contributed by atoms with van der Waals surface area (Å²) < 4.78 is 64.8. The molecule has 0 heterocycles. The van der Waals surface area contributed by atoms with Crippen molar-refractivity contribution in [3.05, 3.63) is 57.6 Å². The second-order valence-corrected chi connectivity index (χ2v) is 6.38. The fraction of sp³-hybridized carbons (Fsp3) is 0.316. The van der Waals surface area contributed by atoms with Crippen molar-refractivity contribution in [2.75, 3.05) is 0 Å². The molecule has 0 aliphatic rings. The van der Waals surface area contributed by atoms with Crippen LogP contribution in [0.4, 0.5) is 23.2 Å². The number of esters is 1. The lowest BCUT2D eigenvalue weighted by atomic mass is 10.1. The van der Waals surface area contributed by atoms with Crippen LogP contribution in [-0.2, 0) is 4.74 Å². The number of nitro groups is 1. The van der Waals surface area contributed by atoms with Gasteiger partial charge in [-0.25, -0.2) is 4.79 Å². The number of hydrogen-bond donors (Lipinski definition) is 0. The number of halogens is 4. The highest BCUT2D eigenvalue weighted by Gasteiger charge is 2.43. The van der Waals surface area contributed by atoms with Gasteiger partial charge in [0, 0.05) is 12.1 Å². The molecule has 0 N–H and O–H groups in total. The molecule has 2 aromatic carbocycles. The Morgan fingerprint density at radius 2 is 1.67 bits per heavy atom. The van der Waals surface area contributed by atoms with Crippen LogP contribution in [0.5, 0.6) is 17.2 Å². The first-order valence-electron chi connectivity index (χ1n) is 8.53. The van der Waals surface area contributed by atoms with Gasteiger partial charge in [0.05, 0.1) is 11.0 Å². The van der Waals surface area contributed by atoms with Crippen molar-refractivity contribution in [1.29, 1.82) is 0 Å². The summed E-state index contributed by atoms with van der Waals surface area (Å²) in [5.74, 6) is -1.28. The Hall–Kier alpha value is -3.37. The highest BCUT2D eigenvalue weighted by molar-refractivity contribution is 5.94. The van der Waals surface area contributed by atoms with E-state index in [0.29, 0.717) is 5.56 Å². The van der Waals surface area contributed by atoms with Crippen molar-refractivity contribution < 1.29 is 41.5 Å². The number of rotatable bonds is 8. The molecular weight excluding hydrogens is 414 g/mol. The van der Waals surface area contributed by atoms with Gasteiger partial charge >= 0.3 is 18.5 Å². The van der Waals surface area contributed by atoms with Crippen molar-refractivity contribution in [2.24, 2.45) is 0 Å². The van der Waals surface area contributed by atoms with Crippen LogP contribution in [0.2, 0.25) is 0 Å². The SMILES string of the molecule is Cc1cc([N+](=O)[O-])c(C(=O)OC(C)C)cc1Oc1ccc(OC(F)(F)C(F)F)cc1. The largest absolute Gasteiger partial charge is 0.461 e. The van der Waals surface area contributed by atoms with E-state index in [1.54, 1.807) is 13.8 Å². The smallest absolute Gasteiger partial charge is 0.459 e. The Kier molecular flexibility index (Phi) is 6.85. The first-order chi connectivity index (χ1) is 13.9. The minimum Gasteiger partial charge on any atom is -0.459 e. The third-order valence-electron chi connectivity index (χ3n) is 3.61. The van der Waals surface area contributed by atoms with Crippen LogP contribution in [0, 0.1) is 17.0 Å². The standard InChI is InChI=1S/C19H17F4NO6/c1-10(2)28-17(25)14-9-16(11(3)8-15(14)24(26)27)29-12-4-6-13(7-5-12)30-19(22,23)18(20)21/h4-10,18H,1-3H3. The summed E-state index contributed by atoms with van der Waals surface area (Å²) in [5.41, 5.74) is -0.485. The number of ether oxygens (including phenoxy) is 3. The molecule has 0 unspecified atom stereocenters. The molecule has 0 aromatic heterocycles. The summed E-state index contributed by atoms with van der Waals surface area (Å²) in [7, 11) is 0. The molecule has 0 atom stereocenters. The Morgan fingerprint density at radius 1 is 1.10 bits per heavy atom. The number of hydrogen-bond acceptors (Lipinski definition) is 6. The fourth-order valence-corrected chi connectivity index (χ4v) is 2.28. The Morgan fingerprint density at radius 3 is 2.17 bits per heavy atom. The summed E-state index contributed by atoms with van der Waals surface area (Å²) in [6.07, 6.45) is -9.16. The maximum absolute atomic E-state index is 12.9. The van der Waals surface area contributed by atoms with Gasteiger partial charge in [-0.15, -0.1) is 0 Å². The Labute approximate surface area is 168 Å². The molecule has 0 radical (unpaired) electrons. The van der Waals surface area contributed by atoms with Crippen molar-refractivity contribution in [1.82, 2.24) is 0 Å². The van der Waals surface area contributed by atoms with Gasteiger partial charge < -0.3 is 14.2 Å². The van der Waals surface area contributed by atoms with Crippen LogP contribution < -0.4 is 9.47 Å². The van der Waals surface area contributed by atoms with Crippen molar-refractivity contribution >= 4 is 11.7 Å². The quantitative estimate of drug-likeness (QED) is 0.237. The molecule has 0 fully saturated rings. The van der Waals surface area contributed by atoms with Gasteiger partial charge in [-0.05, 0) is 50.6 Å². The Bertz CT molecular complexity index is 931. The van der Waals surface area contributed by atoms with E-state index < -0.39 is 41.0 Å². The van der Waals surface area contributed by atoms with Crippen LogP contribution in [0.25, 0.3) is 0 Å². The number of carbonyl (C=O) groups excluding carboxylic acids is 1. The summed E-state index contributed by atoms with van der Waals surface area (Å²) in [5, 5.41) is 11.3. The second kappa shape index (κ2) is 8.97. The minimum absolute atomic E-state index is 0.0721. The molecule has 11 heteroatoms. The molecule has 2 aromatic rings. The lowest BCUT2D eigenvalue weighted by Crippen LogP contribution is -2.33. The van der Waals surface area contributed by atoms with Gasteiger partial charge in [-0.3, -0.25) is 10.1 Å². The zero-order valence-electron chi connectivity index (χ0n) is 16.0. The lowest BCUT2D eigenvalue weighted by Gasteiger charge is -2.17. The number of benzene rings is 2. The molecule has 0 bridgehead atoms. The normalized spacial score (nSPS) is 11.5. The maximum atomic E-state index is 12.9. The van der Waals surface area contributed by atoms with Crippen molar-refractivity contribution in [2.45, 2.75) is 39.4 Å². The topological polar surface area (TPSA) is 87.9 Å². The summed E-state index contributed by atoms with van der Waals surface area (Å²) >= 11 is 0. The van der Waals surface area contributed by atoms with E-state index in [1.807, 2.05) is 0 Å². The van der Waals surface area contributed by atoms with E-state index in [0.717, 1.165) is 24.3 Å². The van der Waals surface area contributed by atoms with Crippen LogP contribution in [-0.4, -0.2) is 29.5 Å². The fourth-order valence-electron chi connectivity index (χ4n) is 2.28. The number of nitro benzene ring substituents is 1. The molecular formula is C19H17F4NO6. The highest BCUT2D eigenvalue weighted by atomic mass is 19.3. The molecule has 7 nitrogen and oxygen atoms in total. The summed E-state index contributed by atoms with van der Waals surface area (Å²) in [6.45, 7) is 4.66. The van der Waals surface area contributed by atoms with E-state index in [4.69, 9.17) is 9.47 Å². The zero-order chi connectivity index (χ0) is 22.6. The number of nitrogens with zero attached hydrogens (tertiary/aromatic N) is 1. The van der Waals surface area contributed by atoms with Crippen LogP contribution in [0.15, 0.2) is 36.4 Å². The molecule has 0 saturated carbocycles. The minimum atomic E-state index is -4.65. The average Bonchev–Trinajstić information content (AvgIpc) is 2.63. The molecule has 2 rings (SSSR count). The van der Waals surface area contributed by atoms with E-state index in [9.17, 15) is 32.5 Å². The molecule has 0 aliphatic heterocycles. The van der Waals surface area contributed by atoms with E-state index in [2.05, 4.69) is 4.74 Å².